The predicted molar refractivity (Wildman–Crippen MR) is 81.4 cm³/mol. The zero-order chi connectivity index (χ0) is 17.1. The standard InChI is InChI=1S/C16H24F2N2O2/c1-10(15(2,3)4)20-14(21)19-9-16(5,22)12-7-6-11(17)8-13(12)18/h6-8,10,22H,9H2,1-5H3,(H2,19,20,21). The Balaban J connectivity index is 2.68. The Labute approximate surface area is 129 Å². The Morgan fingerprint density at radius 3 is 2.36 bits per heavy atom. The van der Waals surface area contributed by atoms with Gasteiger partial charge in [0.2, 0.25) is 0 Å². The van der Waals surface area contributed by atoms with Crippen molar-refractivity contribution in [1.82, 2.24) is 10.6 Å². The van der Waals surface area contributed by atoms with Crippen molar-refractivity contribution in [2.24, 2.45) is 5.41 Å². The second-order valence-electron chi connectivity index (χ2n) is 6.81. The number of halogens is 2. The summed E-state index contributed by atoms with van der Waals surface area (Å²) in [6.45, 7) is 9.00. The van der Waals surface area contributed by atoms with Gasteiger partial charge in [0.25, 0.3) is 0 Å². The number of rotatable bonds is 4. The van der Waals surface area contributed by atoms with E-state index in [1.807, 2.05) is 27.7 Å². The smallest absolute Gasteiger partial charge is 0.315 e. The minimum Gasteiger partial charge on any atom is -0.383 e. The van der Waals surface area contributed by atoms with E-state index >= 15 is 0 Å². The highest BCUT2D eigenvalue weighted by Crippen LogP contribution is 2.23. The maximum Gasteiger partial charge on any atom is 0.315 e. The molecule has 0 fully saturated rings. The van der Waals surface area contributed by atoms with Crippen LogP contribution in [0.15, 0.2) is 18.2 Å². The summed E-state index contributed by atoms with van der Waals surface area (Å²) < 4.78 is 26.6. The van der Waals surface area contributed by atoms with E-state index in [0.717, 1.165) is 6.07 Å². The van der Waals surface area contributed by atoms with Gasteiger partial charge in [0.15, 0.2) is 0 Å². The highest BCUT2D eigenvalue weighted by Gasteiger charge is 2.28. The molecule has 124 valence electrons. The number of aliphatic hydroxyl groups is 1. The summed E-state index contributed by atoms with van der Waals surface area (Å²) in [5.74, 6) is -1.57. The molecular formula is C16H24F2N2O2. The molecule has 0 saturated carbocycles. The third-order valence-corrected chi connectivity index (χ3v) is 3.75. The lowest BCUT2D eigenvalue weighted by atomic mass is 9.88. The molecule has 4 nitrogen and oxygen atoms in total. The summed E-state index contributed by atoms with van der Waals surface area (Å²) in [5.41, 5.74) is -1.82. The number of amides is 2. The van der Waals surface area contributed by atoms with E-state index in [1.165, 1.54) is 13.0 Å². The zero-order valence-corrected chi connectivity index (χ0v) is 13.6. The summed E-state index contributed by atoms with van der Waals surface area (Å²) in [5, 5.41) is 15.6. The zero-order valence-electron chi connectivity index (χ0n) is 13.6. The van der Waals surface area contributed by atoms with Gasteiger partial charge in [0.05, 0.1) is 6.54 Å². The molecule has 0 saturated heterocycles. The van der Waals surface area contributed by atoms with E-state index in [4.69, 9.17) is 0 Å². The minimum atomic E-state index is -1.64. The van der Waals surface area contributed by atoms with E-state index in [-0.39, 0.29) is 23.6 Å². The molecule has 0 aliphatic rings. The molecule has 0 aliphatic carbocycles. The first-order valence-electron chi connectivity index (χ1n) is 7.16. The second-order valence-corrected chi connectivity index (χ2v) is 6.81. The van der Waals surface area contributed by atoms with Crippen LogP contribution in [0.4, 0.5) is 13.6 Å². The molecule has 0 radical (unpaired) electrons. The van der Waals surface area contributed by atoms with E-state index in [2.05, 4.69) is 10.6 Å². The molecule has 22 heavy (non-hydrogen) atoms. The molecule has 3 N–H and O–H groups in total. The molecule has 0 heterocycles. The number of hydrogen-bond donors (Lipinski definition) is 3. The predicted octanol–water partition coefficient (Wildman–Crippen LogP) is 2.91. The van der Waals surface area contributed by atoms with Crippen LogP contribution in [0.5, 0.6) is 0 Å². The second kappa shape index (κ2) is 6.60. The number of benzene rings is 1. The number of hydrogen-bond acceptors (Lipinski definition) is 2. The van der Waals surface area contributed by atoms with Crippen LogP contribution < -0.4 is 10.6 Å². The quantitative estimate of drug-likeness (QED) is 0.800. The first-order valence-corrected chi connectivity index (χ1v) is 7.16. The topological polar surface area (TPSA) is 61.4 Å². The molecule has 6 heteroatoms. The van der Waals surface area contributed by atoms with Gasteiger partial charge in [0, 0.05) is 17.7 Å². The van der Waals surface area contributed by atoms with Crippen LogP contribution in [0.3, 0.4) is 0 Å². The van der Waals surface area contributed by atoms with Gasteiger partial charge < -0.3 is 15.7 Å². The highest BCUT2D eigenvalue weighted by molar-refractivity contribution is 5.74. The lowest BCUT2D eigenvalue weighted by Gasteiger charge is -2.29. The highest BCUT2D eigenvalue weighted by atomic mass is 19.1. The van der Waals surface area contributed by atoms with Crippen molar-refractivity contribution >= 4 is 6.03 Å². The molecule has 0 aliphatic heterocycles. The summed E-state index contributed by atoms with van der Waals surface area (Å²) >= 11 is 0. The molecule has 2 amide bonds. The van der Waals surface area contributed by atoms with Crippen molar-refractivity contribution < 1.29 is 18.7 Å². The van der Waals surface area contributed by atoms with E-state index in [0.29, 0.717) is 6.07 Å². The first-order chi connectivity index (χ1) is 9.93. The van der Waals surface area contributed by atoms with Crippen LogP contribution in [0.25, 0.3) is 0 Å². The minimum absolute atomic E-state index is 0.0712. The fraction of sp³-hybridized carbons (Fsp3) is 0.562. The van der Waals surface area contributed by atoms with Crippen LogP contribution in [-0.4, -0.2) is 23.7 Å². The third-order valence-electron chi connectivity index (χ3n) is 3.75. The number of nitrogens with one attached hydrogen (secondary N) is 2. The summed E-state index contributed by atoms with van der Waals surface area (Å²) in [4.78, 5) is 11.8. The van der Waals surface area contributed by atoms with Crippen molar-refractivity contribution in [2.45, 2.75) is 46.3 Å². The molecule has 0 bridgehead atoms. The molecular weight excluding hydrogens is 290 g/mol. The normalized spacial score (nSPS) is 15.8. The third kappa shape index (κ3) is 4.94. The van der Waals surface area contributed by atoms with Gasteiger partial charge in [-0.3, -0.25) is 0 Å². The van der Waals surface area contributed by atoms with Gasteiger partial charge in [-0.2, -0.15) is 0 Å². The molecule has 0 spiro atoms. The Bertz CT molecular complexity index is 539. The summed E-state index contributed by atoms with van der Waals surface area (Å²) in [7, 11) is 0. The number of carbonyl (C=O) groups is 1. The van der Waals surface area contributed by atoms with Crippen LogP contribution in [0.2, 0.25) is 0 Å². The molecule has 1 aromatic rings. The summed E-state index contributed by atoms with van der Waals surface area (Å²) in [6, 6.07) is 2.40. The van der Waals surface area contributed by atoms with Crippen molar-refractivity contribution in [3.05, 3.63) is 35.4 Å². The van der Waals surface area contributed by atoms with Gasteiger partial charge >= 0.3 is 6.03 Å². The van der Waals surface area contributed by atoms with Gasteiger partial charge in [-0.15, -0.1) is 0 Å². The molecule has 2 unspecified atom stereocenters. The first kappa shape index (κ1) is 18.4. The Kier molecular flexibility index (Phi) is 5.51. The molecule has 0 aromatic heterocycles. The summed E-state index contributed by atoms with van der Waals surface area (Å²) in [6.07, 6.45) is 0. The lowest BCUT2D eigenvalue weighted by molar-refractivity contribution is 0.0552. The van der Waals surface area contributed by atoms with Crippen molar-refractivity contribution in [3.63, 3.8) is 0 Å². The van der Waals surface area contributed by atoms with E-state index in [9.17, 15) is 18.7 Å². The Morgan fingerprint density at radius 1 is 1.27 bits per heavy atom. The number of carbonyl (C=O) groups excluding carboxylic acids is 1. The Hall–Kier alpha value is -1.69. The number of urea groups is 1. The van der Waals surface area contributed by atoms with Gasteiger partial charge in [-0.25, -0.2) is 13.6 Å². The van der Waals surface area contributed by atoms with Crippen LogP contribution >= 0.6 is 0 Å². The maximum atomic E-state index is 13.7. The van der Waals surface area contributed by atoms with Gasteiger partial charge in [-0.1, -0.05) is 26.8 Å². The molecule has 2 atom stereocenters. The van der Waals surface area contributed by atoms with Gasteiger partial charge in [-0.05, 0) is 25.3 Å². The van der Waals surface area contributed by atoms with Gasteiger partial charge in [0.1, 0.15) is 17.2 Å². The fourth-order valence-corrected chi connectivity index (χ4v) is 1.74. The van der Waals surface area contributed by atoms with Crippen molar-refractivity contribution in [3.8, 4) is 0 Å². The maximum absolute atomic E-state index is 13.7. The van der Waals surface area contributed by atoms with Crippen LogP contribution in [0, 0.1) is 17.0 Å². The largest absolute Gasteiger partial charge is 0.383 e. The fourth-order valence-electron chi connectivity index (χ4n) is 1.74. The average molecular weight is 314 g/mol. The van der Waals surface area contributed by atoms with E-state index in [1.54, 1.807) is 0 Å². The average Bonchev–Trinajstić information content (AvgIpc) is 2.34. The van der Waals surface area contributed by atoms with Crippen molar-refractivity contribution in [2.75, 3.05) is 6.54 Å². The van der Waals surface area contributed by atoms with Crippen molar-refractivity contribution in [1.29, 1.82) is 0 Å². The van der Waals surface area contributed by atoms with Crippen LogP contribution in [-0.2, 0) is 5.60 Å². The molecule has 1 aromatic carbocycles. The SMILES string of the molecule is CC(NC(=O)NCC(C)(O)c1ccc(F)cc1F)C(C)(C)C. The monoisotopic (exact) mass is 314 g/mol. The lowest BCUT2D eigenvalue weighted by Crippen LogP contribution is -2.49. The Morgan fingerprint density at radius 2 is 1.86 bits per heavy atom. The van der Waals surface area contributed by atoms with E-state index < -0.39 is 23.3 Å². The molecule has 1 rings (SSSR count). The van der Waals surface area contributed by atoms with Crippen LogP contribution in [0.1, 0.15) is 40.2 Å².